The average Bonchev–Trinajstić information content (AvgIpc) is 2.46. The molecule has 5 nitrogen and oxygen atoms in total. The predicted octanol–water partition coefficient (Wildman–Crippen LogP) is 1.69. The number of likely N-dealkylation sites (N-methyl/N-ethyl adjacent to an activating group) is 1. The molecule has 1 aromatic rings. The predicted molar refractivity (Wildman–Crippen MR) is 83.0 cm³/mol. The summed E-state index contributed by atoms with van der Waals surface area (Å²) in [6.45, 7) is 5.31. The van der Waals surface area contributed by atoms with Crippen molar-refractivity contribution in [2.75, 3.05) is 33.7 Å². The Morgan fingerprint density at radius 2 is 2.00 bits per heavy atom. The van der Waals surface area contributed by atoms with E-state index < -0.39 is 5.82 Å². The van der Waals surface area contributed by atoms with Crippen LogP contribution in [0.25, 0.3) is 0 Å². The normalized spacial score (nSPS) is 12.4. The minimum absolute atomic E-state index is 0.138. The molecule has 1 rings (SSSR count). The van der Waals surface area contributed by atoms with Gasteiger partial charge in [-0.05, 0) is 33.1 Å². The van der Waals surface area contributed by atoms with Crippen LogP contribution < -0.4 is 5.73 Å². The van der Waals surface area contributed by atoms with Gasteiger partial charge in [-0.2, -0.15) is 0 Å². The third-order valence-corrected chi connectivity index (χ3v) is 3.26. The highest BCUT2D eigenvalue weighted by Gasteiger charge is 2.14. The molecular formula is C15H25FN4O. The summed E-state index contributed by atoms with van der Waals surface area (Å²) in [6, 6.07) is 4.97. The van der Waals surface area contributed by atoms with Gasteiger partial charge >= 0.3 is 0 Å². The van der Waals surface area contributed by atoms with Gasteiger partial charge in [0.05, 0.1) is 5.56 Å². The summed E-state index contributed by atoms with van der Waals surface area (Å²) in [5.41, 5.74) is 6.19. The van der Waals surface area contributed by atoms with Crippen molar-refractivity contribution in [3.8, 4) is 0 Å². The van der Waals surface area contributed by atoms with Crippen molar-refractivity contribution in [3.63, 3.8) is 0 Å². The fraction of sp³-hybridized carbons (Fsp3) is 0.533. The van der Waals surface area contributed by atoms with Gasteiger partial charge in [0.15, 0.2) is 5.84 Å². The Morgan fingerprint density at radius 1 is 1.29 bits per heavy atom. The lowest BCUT2D eigenvalue weighted by molar-refractivity contribution is 0.231. The highest BCUT2D eigenvalue weighted by Crippen LogP contribution is 2.15. The standard InChI is InChI=1S/C15H25FN4O/c1-4-8-20(10-9-19(2)3)11-12-6-5-7-13(14(12)16)15(17)18-21/h5-7,21H,4,8-11H2,1-3H3,(H2,17,18). The van der Waals surface area contributed by atoms with Crippen LogP contribution in [0.1, 0.15) is 24.5 Å². The molecule has 0 heterocycles. The Bertz CT molecular complexity index is 477. The van der Waals surface area contributed by atoms with Crippen LogP contribution in [0.3, 0.4) is 0 Å². The maximum Gasteiger partial charge on any atom is 0.173 e. The van der Waals surface area contributed by atoms with Crippen molar-refractivity contribution in [2.45, 2.75) is 19.9 Å². The summed E-state index contributed by atoms with van der Waals surface area (Å²) in [7, 11) is 4.04. The van der Waals surface area contributed by atoms with Crippen molar-refractivity contribution in [1.29, 1.82) is 0 Å². The Morgan fingerprint density at radius 3 is 2.57 bits per heavy atom. The number of nitrogens with zero attached hydrogens (tertiary/aromatic N) is 3. The molecule has 118 valence electrons. The molecule has 0 amide bonds. The molecule has 0 fully saturated rings. The molecule has 0 atom stereocenters. The van der Waals surface area contributed by atoms with Crippen molar-refractivity contribution in [1.82, 2.24) is 9.80 Å². The van der Waals surface area contributed by atoms with Crippen LogP contribution >= 0.6 is 0 Å². The average molecular weight is 296 g/mol. The van der Waals surface area contributed by atoms with Gasteiger partial charge in [0.1, 0.15) is 5.82 Å². The minimum Gasteiger partial charge on any atom is -0.409 e. The maximum absolute atomic E-state index is 14.4. The molecule has 21 heavy (non-hydrogen) atoms. The van der Waals surface area contributed by atoms with Crippen molar-refractivity contribution < 1.29 is 9.60 Å². The van der Waals surface area contributed by atoms with E-state index in [0.29, 0.717) is 12.1 Å². The summed E-state index contributed by atoms with van der Waals surface area (Å²) in [5, 5.41) is 11.6. The van der Waals surface area contributed by atoms with E-state index in [0.717, 1.165) is 26.1 Å². The number of rotatable bonds is 8. The van der Waals surface area contributed by atoms with Crippen molar-refractivity contribution in [2.24, 2.45) is 10.9 Å². The third-order valence-electron chi connectivity index (χ3n) is 3.26. The van der Waals surface area contributed by atoms with E-state index in [-0.39, 0.29) is 11.4 Å². The van der Waals surface area contributed by atoms with E-state index in [4.69, 9.17) is 10.9 Å². The lowest BCUT2D eigenvalue weighted by Gasteiger charge is -2.24. The van der Waals surface area contributed by atoms with Gasteiger partial charge in [-0.25, -0.2) is 4.39 Å². The van der Waals surface area contributed by atoms with Crippen LogP contribution in [0.2, 0.25) is 0 Å². The van der Waals surface area contributed by atoms with Crippen LogP contribution in [0.5, 0.6) is 0 Å². The number of halogens is 1. The number of nitrogens with two attached hydrogens (primary N) is 1. The number of benzene rings is 1. The Hall–Kier alpha value is -1.66. The monoisotopic (exact) mass is 296 g/mol. The fourth-order valence-corrected chi connectivity index (χ4v) is 2.12. The Labute approximate surface area is 125 Å². The SMILES string of the molecule is CCCN(CCN(C)C)Cc1cccc(/C(N)=N/O)c1F. The van der Waals surface area contributed by atoms with Gasteiger partial charge in [0.2, 0.25) is 0 Å². The zero-order valence-electron chi connectivity index (χ0n) is 13.0. The van der Waals surface area contributed by atoms with Crippen LogP contribution in [0, 0.1) is 5.82 Å². The van der Waals surface area contributed by atoms with Gasteiger partial charge in [-0.1, -0.05) is 24.2 Å². The molecular weight excluding hydrogens is 271 g/mol. The largest absolute Gasteiger partial charge is 0.409 e. The Balaban J connectivity index is 2.88. The van der Waals surface area contributed by atoms with Crippen LogP contribution in [0.4, 0.5) is 4.39 Å². The molecule has 0 aliphatic carbocycles. The second kappa shape index (κ2) is 8.59. The molecule has 0 aliphatic heterocycles. The molecule has 1 aromatic carbocycles. The maximum atomic E-state index is 14.4. The highest BCUT2D eigenvalue weighted by molar-refractivity contribution is 5.97. The lowest BCUT2D eigenvalue weighted by atomic mass is 10.1. The summed E-state index contributed by atoms with van der Waals surface area (Å²) in [5.74, 6) is -0.622. The van der Waals surface area contributed by atoms with Crippen molar-refractivity contribution in [3.05, 3.63) is 35.1 Å². The van der Waals surface area contributed by atoms with Gasteiger partial charge in [-0.15, -0.1) is 0 Å². The first-order valence-electron chi connectivity index (χ1n) is 7.12. The molecule has 0 aromatic heterocycles. The summed E-state index contributed by atoms with van der Waals surface area (Å²) >= 11 is 0. The van der Waals surface area contributed by atoms with Crippen LogP contribution in [-0.2, 0) is 6.54 Å². The zero-order valence-corrected chi connectivity index (χ0v) is 13.0. The van der Waals surface area contributed by atoms with Crippen LogP contribution in [-0.4, -0.2) is 54.6 Å². The summed E-state index contributed by atoms with van der Waals surface area (Å²) in [6.07, 6.45) is 1.01. The first-order chi connectivity index (χ1) is 9.99. The number of hydrogen-bond acceptors (Lipinski definition) is 4. The molecule has 0 spiro atoms. The molecule has 0 bridgehead atoms. The van der Waals surface area contributed by atoms with Crippen molar-refractivity contribution >= 4 is 5.84 Å². The Kier molecular flexibility index (Phi) is 7.11. The first kappa shape index (κ1) is 17.4. The van der Waals surface area contributed by atoms with Gasteiger partial charge < -0.3 is 15.8 Å². The quantitative estimate of drug-likeness (QED) is 0.332. The van der Waals surface area contributed by atoms with Gasteiger partial charge in [-0.3, -0.25) is 4.90 Å². The summed E-state index contributed by atoms with van der Waals surface area (Å²) < 4.78 is 14.4. The molecule has 6 heteroatoms. The van der Waals surface area contributed by atoms with E-state index in [1.165, 1.54) is 6.07 Å². The second-order valence-electron chi connectivity index (χ2n) is 5.34. The number of amidine groups is 1. The number of hydrogen-bond donors (Lipinski definition) is 2. The van der Waals surface area contributed by atoms with E-state index in [1.54, 1.807) is 12.1 Å². The van der Waals surface area contributed by atoms with Crippen LogP contribution in [0.15, 0.2) is 23.4 Å². The van der Waals surface area contributed by atoms with E-state index >= 15 is 0 Å². The number of oxime groups is 1. The smallest absolute Gasteiger partial charge is 0.173 e. The molecule has 0 radical (unpaired) electrons. The second-order valence-corrected chi connectivity index (χ2v) is 5.34. The summed E-state index contributed by atoms with van der Waals surface area (Å²) in [4.78, 5) is 4.31. The van der Waals surface area contributed by atoms with E-state index in [2.05, 4.69) is 21.9 Å². The van der Waals surface area contributed by atoms with Gasteiger partial charge in [0.25, 0.3) is 0 Å². The van der Waals surface area contributed by atoms with E-state index in [1.807, 2.05) is 14.1 Å². The molecule has 0 saturated heterocycles. The topological polar surface area (TPSA) is 65.1 Å². The lowest BCUT2D eigenvalue weighted by Crippen LogP contribution is -2.32. The third kappa shape index (κ3) is 5.32. The fourth-order valence-electron chi connectivity index (χ4n) is 2.12. The first-order valence-corrected chi connectivity index (χ1v) is 7.12. The molecule has 0 saturated carbocycles. The zero-order chi connectivity index (χ0) is 15.8. The minimum atomic E-state index is -0.418. The highest BCUT2D eigenvalue weighted by atomic mass is 19.1. The van der Waals surface area contributed by atoms with Gasteiger partial charge in [0, 0.05) is 25.2 Å². The molecule has 0 aliphatic rings. The molecule has 0 unspecified atom stereocenters. The van der Waals surface area contributed by atoms with E-state index in [9.17, 15) is 4.39 Å². The molecule has 3 N–H and O–H groups in total.